The highest BCUT2D eigenvalue weighted by Gasteiger charge is 2.33. The Balaban J connectivity index is 0.00000192. The number of halogens is 1. The van der Waals surface area contributed by atoms with Gasteiger partial charge in [-0.15, -0.1) is 12.4 Å². The Morgan fingerprint density at radius 2 is 1.70 bits per heavy atom. The Morgan fingerprint density at radius 1 is 1.00 bits per heavy atom. The smallest absolute Gasteiger partial charge is 0.251 e. The Morgan fingerprint density at radius 3 is 2.26 bits per heavy atom. The average Bonchev–Trinajstić information content (AvgIpc) is 3.19. The third kappa shape index (κ3) is 4.37. The van der Waals surface area contributed by atoms with Crippen molar-refractivity contribution in [3.05, 3.63) is 0 Å². The van der Waals surface area contributed by atoms with E-state index in [1.807, 2.05) is 9.80 Å². The van der Waals surface area contributed by atoms with Crippen LogP contribution >= 0.6 is 12.4 Å². The molecule has 0 spiro atoms. The van der Waals surface area contributed by atoms with Crippen LogP contribution in [-0.4, -0.2) is 66.5 Å². The van der Waals surface area contributed by atoms with E-state index in [0.717, 1.165) is 32.1 Å². The van der Waals surface area contributed by atoms with E-state index in [0.29, 0.717) is 45.1 Å². The Hall–Kier alpha value is -0.850. The van der Waals surface area contributed by atoms with Gasteiger partial charge in [0.2, 0.25) is 5.91 Å². The molecule has 1 saturated carbocycles. The molecule has 7 heteroatoms. The number of ether oxygens (including phenoxy) is 1. The molecule has 2 heterocycles. The molecule has 3 atom stereocenters. The molecule has 0 radical (unpaired) electrons. The molecule has 1 unspecified atom stereocenters. The van der Waals surface area contributed by atoms with Crippen molar-refractivity contribution in [1.82, 2.24) is 9.80 Å². The summed E-state index contributed by atoms with van der Waals surface area (Å²) in [5.74, 6) is 0.646. The standard InChI is InChI=1S/C16H27N3O3.ClH/c17-13-4-1-3-12(13)11-15(20)18-6-8-19(9-7-18)16(21)14-5-2-10-22-14;/h12-14H,1-11,17H2;1H/t12-,13+,14?;/m0./s1. The van der Waals surface area contributed by atoms with Crippen LogP contribution in [0.3, 0.4) is 0 Å². The van der Waals surface area contributed by atoms with Gasteiger partial charge in [0, 0.05) is 45.2 Å². The fourth-order valence-corrected chi connectivity index (χ4v) is 3.82. The van der Waals surface area contributed by atoms with Gasteiger partial charge in [0.15, 0.2) is 0 Å². The summed E-state index contributed by atoms with van der Waals surface area (Å²) in [5.41, 5.74) is 6.05. The van der Waals surface area contributed by atoms with Crippen molar-refractivity contribution in [2.75, 3.05) is 32.8 Å². The molecular formula is C16H28ClN3O3. The molecule has 0 aromatic carbocycles. The van der Waals surface area contributed by atoms with Crippen molar-refractivity contribution >= 4 is 24.2 Å². The van der Waals surface area contributed by atoms with Gasteiger partial charge in [-0.25, -0.2) is 0 Å². The predicted octanol–water partition coefficient (Wildman–Crippen LogP) is 0.775. The van der Waals surface area contributed by atoms with E-state index < -0.39 is 0 Å². The number of carbonyl (C=O) groups excluding carboxylic acids is 2. The SMILES string of the molecule is Cl.N[C@@H]1CCC[C@H]1CC(=O)N1CCN(C(=O)C2CCCO2)CC1. The minimum atomic E-state index is -0.251. The number of amides is 2. The Kier molecular flexibility index (Phi) is 6.68. The van der Waals surface area contributed by atoms with Crippen LogP contribution in [-0.2, 0) is 14.3 Å². The van der Waals surface area contributed by atoms with Gasteiger partial charge in [-0.05, 0) is 31.6 Å². The number of nitrogens with zero attached hydrogens (tertiary/aromatic N) is 2. The van der Waals surface area contributed by atoms with Gasteiger partial charge in [-0.3, -0.25) is 9.59 Å². The van der Waals surface area contributed by atoms with Crippen molar-refractivity contribution < 1.29 is 14.3 Å². The second kappa shape index (κ2) is 8.31. The molecule has 132 valence electrons. The van der Waals surface area contributed by atoms with E-state index in [4.69, 9.17) is 10.5 Å². The number of nitrogens with two attached hydrogens (primary N) is 1. The molecule has 2 saturated heterocycles. The molecule has 0 aromatic heterocycles. The lowest BCUT2D eigenvalue weighted by Gasteiger charge is -2.36. The van der Waals surface area contributed by atoms with Crippen molar-refractivity contribution in [2.45, 2.75) is 50.7 Å². The van der Waals surface area contributed by atoms with Crippen molar-refractivity contribution in [3.8, 4) is 0 Å². The van der Waals surface area contributed by atoms with Crippen molar-refractivity contribution in [1.29, 1.82) is 0 Å². The monoisotopic (exact) mass is 345 g/mol. The first-order valence-electron chi connectivity index (χ1n) is 8.59. The van der Waals surface area contributed by atoms with Crippen LogP contribution < -0.4 is 5.73 Å². The number of hydrogen-bond acceptors (Lipinski definition) is 4. The van der Waals surface area contributed by atoms with E-state index in [9.17, 15) is 9.59 Å². The fourth-order valence-electron chi connectivity index (χ4n) is 3.82. The van der Waals surface area contributed by atoms with Gasteiger partial charge >= 0.3 is 0 Å². The summed E-state index contributed by atoms with van der Waals surface area (Å²) in [5, 5.41) is 0. The number of hydrogen-bond donors (Lipinski definition) is 1. The number of rotatable bonds is 3. The quantitative estimate of drug-likeness (QED) is 0.820. The van der Waals surface area contributed by atoms with Gasteiger partial charge in [-0.2, -0.15) is 0 Å². The van der Waals surface area contributed by atoms with Gasteiger partial charge < -0.3 is 20.3 Å². The molecule has 2 aliphatic heterocycles. The molecule has 2 amide bonds. The first kappa shape index (κ1) is 18.5. The summed E-state index contributed by atoms with van der Waals surface area (Å²) >= 11 is 0. The summed E-state index contributed by atoms with van der Waals surface area (Å²) in [7, 11) is 0. The minimum absolute atomic E-state index is 0. The summed E-state index contributed by atoms with van der Waals surface area (Å²) in [6.07, 6.45) is 5.38. The first-order valence-corrected chi connectivity index (χ1v) is 8.59. The number of carbonyl (C=O) groups is 2. The predicted molar refractivity (Wildman–Crippen MR) is 89.3 cm³/mol. The highest BCUT2D eigenvalue weighted by molar-refractivity contribution is 5.85. The van der Waals surface area contributed by atoms with Crippen LogP contribution in [0, 0.1) is 5.92 Å². The molecule has 23 heavy (non-hydrogen) atoms. The van der Waals surface area contributed by atoms with Crippen LogP contribution in [0.15, 0.2) is 0 Å². The zero-order chi connectivity index (χ0) is 15.5. The van der Waals surface area contributed by atoms with Gasteiger partial charge in [-0.1, -0.05) is 6.42 Å². The Bertz CT molecular complexity index is 421. The normalized spacial score (nSPS) is 31.1. The molecule has 3 rings (SSSR count). The highest BCUT2D eigenvalue weighted by Crippen LogP contribution is 2.27. The summed E-state index contributed by atoms with van der Waals surface area (Å²) in [6.45, 7) is 3.22. The van der Waals surface area contributed by atoms with Gasteiger partial charge in [0.1, 0.15) is 6.10 Å². The maximum absolute atomic E-state index is 12.4. The van der Waals surface area contributed by atoms with Gasteiger partial charge in [0.25, 0.3) is 5.91 Å². The highest BCUT2D eigenvalue weighted by atomic mass is 35.5. The summed E-state index contributed by atoms with van der Waals surface area (Å²) in [4.78, 5) is 28.4. The number of piperazine rings is 1. The summed E-state index contributed by atoms with van der Waals surface area (Å²) < 4.78 is 5.46. The first-order chi connectivity index (χ1) is 10.6. The van der Waals surface area contributed by atoms with E-state index >= 15 is 0 Å². The van der Waals surface area contributed by atoms with Crippen LogP contribution in [0.5, 0.6) is 0 Å². The maximum Gasteiger partial charge on any atom is 0.251 e. The molecule has 0 aromatic rings. The zero-order valence-electron chi connectivity index (χ0n) is 13.6. The second-order valence-electron chi connectivity index (χ2n) is 6.77. The largest absolute Gasteiger partial charge is 0.368 e. The minimum Gasteiger partial charge on any atom is -0.368 e. The molecule has 2 N–H and O–H groups in total. The molecule has 0 bridgehead atoms. The molecule has 6 nitrogen and oxygen atoms in total. The van der Waals surface area contributed by atoms with Crippen LogP contribution in [0.2, 0.25) is 0 Å². The topological polar surface area (TPSA) is 75.9 Å². The third-order valence-corrected chi connectivity index (χ3v) is 5.30. The maximum atomic E-state index is 12.4. The molecule has 1 aliphatic carbocycles. The average molecular weight is 346 g/mol. The molecule has 3 aliphatic rings. The lowest BCUT2D eigenvalue weighted by Crippen LogP contribution is -2.53. The Labute approximate surface area is 144 Å². The van der Waals surface area contributed by atoms with Gasteiger partial charge in [0.05, 0.1) is 0 Å². The van der Waals surface area contributed by atoms with Crippen molar-refractivity contribution in [3.63, 3.8) is 0 Å². The molecular weight excluding hydrogens is 318 g/mol. The lowest BCUT2D eigenvalue weighted by atomic mass is 9.99. The summed E-state index contributed by atoms with van der Waals surface area (Å²) in [6, 6.07) is 0.186. The van der Waals surface area contributed by atoms with E-state index in [2.05, 4.69) is 0 Å². The van der Waals surface area contributed by atoms with Crippen LogP contribution in [0.4, 0.5) is 0 Å². The second-order valence-corrected chi connectivity index (χ2v) is 6.77. The zero-order valence-corrected chi connectivity index (χ0v) is 14.4. The fraction of sp³-hybridized carbons (Fsp3) is 0.875. The van der Waals surface area contributed by atoms with E-state index in [1.54, 1.807) is 0 Å². The van der Waals surface area contributed by atoms with E-state index in [1.165, 1.54) is 0 Å². The van der Waals surface area contributed by atoms with Crippen LogP contribution in [0.25, 0.3) is 0 Å². The third-order valence-electron chi connectivity index (χ3n) is 5.30. The van der Waals surface area contributed by atoms with Crippen LogP contribution in [0.1, 0.15) is 38.5 Å². The molecule has 3 fully saturated rings. The van der Waals surface area contributed by atoms with E-state index in [-0.39, 0.29) is 36.4 Å². The lowest BCUT2D eigenvalue weighted by molar-refractivity contribution is -0.146. The van der Waals surface area contributed by atoms with Crippen molar-refractivity contribution in [2.24, 2.45) is 11.7 Å².